The summed E-state index contributed by atoms with van der Waals surface area (Å²) < 4.78 is 5.21. The van der Waals surface area contributed by atoms with Gasteiger partial charge in [-0.2, -0.15) is 0 Å². The van der Waals surface area contributed by atoms with E-state index in [4.69, 9.17) is 4.74 Å². The number of carbonyl (C=O) groups is 2. The van der Waals surface area contributed by atoms with Crippen LogP contribution < -0.4 is 0 Å². The van der Waals surface area contributed by atoms with Crippen LogP contribution in [0.3, 0.4) is 0 Å². The van der Waals surface area contributed by atoms with Gasteiger partial charge in [-0.15, -0.1) is 0 Å². The van der Waals surface area contributed by atoms with Gasteiger partial charge < -0.3 is 9.84 Å². The standard InChI is InChI=1S/C14H18O4/c1-5-9-7-6-8-10(11(9)12(15)16)13(17)18-14(2,3)4/h6-8H,5H2,1-4H3,(H,15,16). The first-order valence-electron chi connectivity index (χ1n) is 5.84. The first-order valence-corrected chi connectivity index (χ1v) is 5.84. The summed E-state index contributed by atoms with van der Waals surface area (Å²) in [5.74, 6) is -1.71. The van der Waals surface area contributed by atoms with Gasteiger partial charge in [0.05, 0.1) is 11.1 Å². The molecule has 0 fully saturated rings. The van der Waals surface area contributed by atoms with Crippen molar-refractivity contribution in [3.8, 4) is 0 Å². The molecule has 0 aliphatic heterocycles. The molecule has 0 spiro atoms. The Labute approximate surface area is 107 Å². The third kappa shape index (κ3) is 3.32. The summed E-state index contributed by atoms with van der Waals surface area (Å²) in [5.41, 5.74) is 0.131. The maximum Gasteiger partial charge on any atom is 0.339 e. The van der Waals surface area contributed by atoms with E-state index in [0.717, 1.165) is 0 Å². The molecule has 1 N–H and O–H groups in total. The highest BCUT2D eigenvalue weighted by atomic mass is 16.6. The smallest absolute Gasteiger partial charge is 0.339 e. The van der Waals surface area contributed by atoms with E-state index in [1.165, 1.54) is 6.07 Å². The van der Waals surface area contributed by atoms with E-state index in [1.54, 1.807) is 32.9 Å². The van der Waals surface area contributed by atoms with Crippen molar-refractivity contribution < 1.29 is 19.4 Å². The minimum atomic E-state index is -1.10. The number of rotatable bonds is 3. The number of esters is 1. The van der Waals surface area contributed by atoms with Crippen molar-refractivity contribution in [2.24, 2.45) is 0 Å². The molecule has 0 aromatic heterocycles. The number of carboxylic acids is 1. The third-order valence-electron chi connectivity index (χ3n) is 2.36. The second-order valence-electron chi connectivity index (χ2n) is 5.00. The topological polar surface area (TPSA) is 63.6 Å². The van der Waals surface area contributed by atoms with Gasteiger partial charge >= 0.3 is 11.9 Å². The number of benzene rings is 1. The molecule has 0 amide bonds. The zero-order valence-electron chi connectivity index (χ0n) is 11.1. The summed E-state index contributed by atoms with van der Waals surface area (Å²) in [6, 6.07) is 4.86. The molecular weight excluding hydrogens is 232 g/mol. The fraction of sp³-hybridized carbons (Fsp3) is 0.429. The first-order chi connectivity index (χ1) is 8.26. The van der Waals surface area contributed by atoms with E-state index in [-0.39, 0.29) is 11.1 Å². The van der Waals surface area contributed by atoms with Crippen molar-refractivity contribution in [1.82, 2.24) is 0 Å². The molecule has 1 aromatic carbocycles. The quantitative estimate of drug-likeness (QED) is 0.838. The van der Waals surface area contributed by atoms with Gasteiger partial charge in [0.25, 0.3) is 0 Å². The highest BCUT2D eigenvalue weighted by Gasteiger charge is 2.24. The summed E-state index contributed by atoms with van der Waals surface area (Å²) >= 11 is 0. The summed E-state index contributed by atoms with van der Waals surface area (Å²) in [6.07, 6.45) is 0.554. The molecule has 4 nitrogen and oxygen atoms in total. The lowest BCUT2D eigenvalue weighted by Gasteiger charge is -2.20. The van der Waals surface area contributed by atoms with Crippen LogP contribution in [0.2, 0.25) is 0 Å². The SMILES string of the molecule is CCc1cccc(C(=O)OC(C)(C)C)c1C(=O)O. The molecule has 0 unspecified atom stereocenters. The van der Waals surface area contributed by atoms with Gasteiger partial charge in [-0.05, 0) is 38.8 Å². The number of hydrogen-bond acceptors (Lipinski definition) is 3. The van der Waals surface area contributed by atoms with Crippen molar-refractivity contribution in [3.63, 3.8) is 0 Å². The molecule has 0 aliphatic carbocycles. The minimum absolute atomic E-state index is 0.0363. The highest BCUT2D eigenvalue weighted by molar-refractivity contribution is 6.03. The second kappa shape index (κ2) is 5.21. The maximum absolute atomic E-state index is 12.0. The van der Waals surface area contributed by atoms with E-state index < -0.39 is 17.5 Å². The van der Waals surface area contributed by atoms with Crippen molar-refractivity contribution >= 4 is 11.9 Å². The Morgan fingerprint density at radius 3 is 2.33 bits per heavy atom. The normalized spacial score (nSPS) is 11.1. The number of carbonyl (C=O) groups excluding carboxylic acids is 1. The number of aryl methyl sites for hydroxylation is 1. The molecule has 0 bridgehead atoms. The van der Waals surface area contributed by atoms with Crippen molar-refractivity contribution in [1.29, 1.82) is 0 Å². The average molecular weight is 250 g/mol. The Hall–Kier alpha value is -1.84. The fourth-order valence-electron chi connectivity index (χ4n) is 1.65. The van der Waals surface area contributed by atoms with Gasteiger partial charge in [-0.1, -0.05) is 19.1 Å². The zero-order valence-corrected chi connectivity index (χ0v) is 11.1. The molecule has 0 aliphatic rings. The summed E-state index contributed by atoms with van der Waals surface area (Å²) in [4.78, 5) is 23.2. The van der Waals surface area contributed by atoms with Crippen LogP contribution >= 0.6 is 0 Å². The molecule has 0 atom stereocenters. The fourth-order valence-corrected chi connectivity index (χ4v) is 1.65. The van der Waals surface area contributed by atoms with Gasteiger partial charge in [-0.3, -0.25) is 0 Å². The minimum Gasteiger partial charge on any atom is -0.478 e. The van der Waals surface area contributed by atoms with Crippen LogP contribution in [-0.2, 0) is 11.2 Å². The van der Waals surface area contributed by atoms with Gasteiger partial charge in [-0.25, -0.2) is 9.59 Å². The van der Waals surface area contributed by atoms with Crippen LogP contribution in [0.25, 0.3) is 0 Å². The molecule has 98 valence electrons. The van der Waals surface area contributed by atoms with Gasteiger partial charge in [0.15, 0.2) is 0 Å². The predicted octanol–water partition coefficient (Wildman–Crippen LogP) is 2.90. The van der Waals surface area contributed by atoms with Crippen LogP contribution in [0.4, 0.5) is 0 Å². The molecule has 1 aromatic rings. The van der Waals surface area contributed by atoms with E-state index in [0.29, 0.717) is 12.0 Å². The van der Waals surface area contributed by atoms with Crippen molar-refractivity contribution in [2.75, 3.05) is 0 Å². The Morgan fingerprint density at radius 2 is 1.89 bits per heavy atom. The van der Waals surface area contributed by atoms with Crippen molar-refractivity contribution in [2.45, 2.75) is 39.7 Å². The van der Waals surface area contributed by atoms with E-state index >= 15 is 0 Å². The predicted molar refractivity (Wildman–Crippen MR) is 67.9 cm³/mol. The molecule has 0 saturated carbocycles. The lowest BCUT2D eigenvalue weighted by atomic mass is 9.99. The van der Waals surface area contributed by atoms with Gasteiger partial charge in [0.1, 0.15) is 5.60 Å². The summed E-state index contributed by atoms with van der Waals surface area (Å²) in [7, 11) is 0. The Bertz CT molecular complexity index is 469. The third-order valence-corrected chi connectivity index (χ3v) is 2.36. The first kappa shape index (κ1) is 14.2. The molecule has 0 heterocycles. The van der Waals surface area contributed by atoms with E-state index in [2.05, 4.69) is 0 Å². The average Bonchev–Trinajstić information content (AvgIpc) is 2.25. The zero-order chi connectivity index (χ0) is 13.9. The highest BCUT2D eigenvalue weighted by Crippen LogP contribution is 2.19. The number of ether oxygens (including phenoxy) is 1. The molecule has 18 heavy (non-hydrogen) atoms. The Balaban J connectivity index is 3.24. The molecule has 0 radical (unpaired) electrons. The van der Waals surface area contributed by atoms with Crippen molar-refractivity contribution in [3.05, 3.63) is 34.9 Å². The molecular formula is C14H18O4. The largest absolute Gasteiger partial charge is 0.478 e. The van der Waals surface area contributed by atoms with Crippen LogP contribution in [0.1, 0.15) is 54.0 Å². The number of hydrogen-bond donors (Lipinski definition) is 1. The monoisotopic (exact) mass is 250 g/mol. The Morgan fingerprint density at radius 1 is 1.28 bits per heavy atom. The van der Waals surface area contributed by atoms with Gasteiger partial charge in [0, 0.05) is 0 Å². The van der Waals surface area contributed by atoms with Crippen LogP contribution in [0, 0.1) is 0 Å². The van der Waals surface area contributed by atoms with E-state index in [1.807, 2.05) is 6.92 Å². The summed E-state index contributed by atoms with van der Waals surface area (Å²) in [5, 5.41) is 9.22. The molecule has 0 saturated heterocycles. The molecule has 4 heteroatoms. The van der Waals surface area contributed by atoms with Gasteiger partial charge in [0.2, 0.25) is 0 Å². The Kier molecular flexibility index (Phi) is 4.11. The summed E-state index contributed by atoms with van der Waals surface area (Å²) in [6.45, 7) is 7.08. The number of carboxylic acid groups (broad SMARTS) is 1. The number of aromatic carboxylic acids is 1. The van der Waals surface area contributed by atoms with Crippen LogP contribution in [0.5, 0.6) is 0 Å². The van der Waals surface area contributed by atoms with Crippen LogP contribution in [-0.4, -0.2) is 22.6 Å². The van der Waals surface area contributed by atoms with E-state index in [9.17, 15) is 14.7 Å². The lowest BCUT2D eigenvalue weighted by molar-refractivity contribution is 0.00657. The maximum atomic E-state index is 12.0. The lowest BCUT2D eigenvalue weighted by Crippen LogP contribution is -2.25. The molecule has 1 rings (SSSR count). The van der Waals surface area contributed by atoms with Crippen LogP contribution in [0.15, 0.2) is 18.2 Å². The second-order valence-corrected chi connectivity index (χ2v) is 5.00.